The number of hydrogen-bond donors (Lipinski definition) is 1. The number of aromatic nitrogens is 1. The number of hydrogen-bond acceptors (Lipinski definition) is 4. The summed E-state index contributed by atoms with van der Waals surface area (Å²) in [6.45, 7) is 3.59. The lowest BCUT2D eigenvalue weighted by Gasteiger charge is -2.11. The number of rotatable bonds is 5. The minimum Gasteiger partial charge on any atom is -0.374 e. The molecule has 16 heavy (non-hydrogen) atoms. The number of thiazole rings is 1. The van der Waals surface area contributed by atoms with Gasteiger partial charge >= 0.3 is 0 Å². The van der Waals surface area contributed by atoms with Crippen LogP contribution in [-0.4, -0.2) is 17.6 Å². The van der Waals surface area contributed by atoms with Crippen LogP contribution in [0.15, 0.2) is 5.38 Å². The van der Waals surface area contributed by atoms with Gasteiger partial charge in [0.25, 0.3) is 0 Å². The molecular weight excluding hydrogens is 220 g/mol. The molecule has 0 amide bonds. The Hall–Kier alpha value is -0.450. The van der Waals surface area contributed by atoms with E-state index in [1.807, 2.05) is 0 Å². The number of nitrogens with two attached hydrogens (primary N) is 1. The third-order valence-electron chi connectivity index (χ3n) is 3.09. The molecule has 0 aromatic carbocycles. The van der Waals surface area contributed by atoms with Crippen molar-refractivity contribution in [3.63, 3.8) is 0 Å². The van der Waals surface area contributed by atoms with Crippen molar-refractivity contribution < 1.29 is 4.74 Å². The van der Waals surface area contributed by atoms with Gasteiger partial charge in [0, 0.05) is 23.9 Å². The van der Waals surface area contributed by atoms with Gasteiger partial charge in [0.2, 0.25) is 0 Å². The molecular formula is C12H20N2OS. The monoisotopic (exact) mass is 240 g/mol. The summed E-state index contributed by atoms with van der Waals surface area (Å²) in [7, 11) is 0. The van der Waals surface area contributed by atoms with Crippen LogP contribution < -0.4 is 5.73 Å². The summed E-state index contributed by atoms with van der Waals surface area (Å²) in [5.74, 6) is 0.483. The van der Waals surface area contributed by atoms with E-state index in [4.69, 9.17) is 10.5 Å². The van der Waals surface area contributed by atoms with E-state index in [1.165, 1.54) is 18.5 Å². The molecule has 1 fully saturated rings. The maximum absolute atomic E-state index is 6.08. The molecule has 0 radical (unpaired) electrons. The zero-order valence-corrected chi connectivity index (χ0v) is 10.6. The first-order chi connectivity index (χ1) is 7.81. The molecule has 0 aliphatic heterocycles. The normalized spacial score (nSPS) is 25.1. The number of ether oxygens (including phenoxy) is 1. The van der Waals surface area contributed by atoms with Crippen molar-refractivity contribution in [2.45, 2.75) is 51.2 Å². The van der Waals surface area contributed by atoms with Gasteiger partial charge in [0.15, 0.2) is 0 Å². The van der Waals surface area contributed by atoms with Crippen molar-refractivity contribution in [3.05, 3.63) is 16.1 Å². The Labute approximate surface area is 101 Å². The van der Waals surface area contributed by atoms with Gasteiger partial charge < -0.3 is 10.5 Å². The first kappa shape index (κ1) is 12.0. The Morgan fingerprint density at radius 2 is 2.44 bits per heavy atom. The van der Waals surface area contributed by atoms with Gasteiger partial charge in [-0.25, -0.2) is 4.98 Å². The molecule has 1 aromatic rings. The third-order valence-corrected chi connectivity index (χ3v) is 3.93. The Kier molecular flexibility index (Phi) is 4.32. The second-order valence-electron chi connectivity index (χ2n) is 4.42. The van der Waals surface area contributed by atoms with Crippen LogP contribution in [0.1, 0.15) is 49.2 Å². The van der Waals surface area contributed by atoms with Crippen molar-refractivity contribution in [3.8, 4) is 0 Å². The molecule has 2 atom stereocenters. The highest BCUT2D eigenvalue weighted by atomic mass is 32.1. The molecule has 0 spiro atoms. The Morgan fingerprint density at radius 3 is 3.12 bits per heavy atom. The minimum absolute atomic E-state index is 0.312. The molecule has 1 aliphatic carbocycles. The maximum Gasteiger partial charge on any atom is 0.119 e. The largest absolute Gasteiger partial charge is 0.374 e. The topological polar surface area (TPSA) is 48.1 Å². The molecule has 1 aromatic heterocycles. The van der Waals surface area contributed by atoms with Gasteiger partial charge in [-0.3, -0.25) is 0 Å². The standard InChI is InChI=1S/C12H20N2OS/c1-2-6-15-7-12-14-11(8-16-12)9-4-3-5-10(9)13/h8-10H,2-7,13H2,1H3. The van der Waals surface area contributed by atoms with Crippen molar-refractivity contribution in [2.75, 3.05) is 6.61 Å². The molecule has 2 rings (SSSR count). The Morgan fingerprint density at radius 1 is 1.56 bits per heavy atom. The van der Waals surface area contributed by atoms with Gasteiger partial charge in [0.05, 0.1) is 12.3 Å². The lowest BCUT2D eigenvalue weighted by molar-refractivity contribution is 0.121. The maximum atomic E-state index is 6.08. The second-order valence-corrected chi connectivity index (χ2v) is 5.36. The minimum atomic E-state index is 0.312. The van der Waals surface area contributed by atoms with Gasteiger partial charge in [-0.2, -0.15) is 0 Å². The third kappa shape index (κ3) is 2.81. The predicted octanol–water partition coefficient (Wildman–Crippen LogP) is 2.66. The van der Waals surface area contributed by atoms with Crippen molar-refractivity contribution in [1.29, 1.82) is 0 Å². The van der Waals surface area contributed by atoms with E-state index in [0.29, 0.717) is 18.6 Å². The summed E-state index contributed by atoms with van der Waals surface area (Å²) < 4.78 is 5.49. The molecule has 1 saturated carbocycles. The smallest absolute Gasteiger partial charge is 0.119 e. The van der Waals surface area contributed by atoms with Crippen LogP contribution in [0.3, 0.4) is 0 Å². The molecule has 4 heteroatoms. The van der Waals surface area contributed by atoms with Crippen LogP contribution in [0.25, 0.3) is 0 Å². The molecule has 90 valence electrons. The molecule has 1 aliphatic rings. The van der Waals surface area contributed by atoms with Gasteiger partial charge in [-0.05, 0) is 19.3 Å². The molecule has 0 saturated heterocycles. The van der Waals surface area contributed by atoms with E-state index >= 15 is 0 Å². The molecule has 2 N–H and O–H groups in total. The van der Waals surface area contributed by atoms with Gasteiger partial charge in [-0.1, -0.05) is 13.3 Å². The lowest BCUT2D eigenvalue weighted by Crippen LogP contribution is -2.22. The highest BCUT2D eigenvalue weighted by molar-refractivity contribution is 7.09. The van der Waals surface area contributed by atoms with E-state index in [1.54, 1.807) is 11.3 Å². The lowest BCUT2D eigenvalue weighted by atomic mass is 10.0. The summed E-state index contributed by atoms with van der Waals surface area (Å²) >= 11 is 1.70. The SMILES string of the molecule is CCCOCc1nc(C2CCCC2N)cs1. The molecule has 0 bridgehead atoms. The van der Waals surface area contributed by atoms with Crippen LogP contribution in [0, 0.1) is 0 Å². The van der Waals surface area contributed by atoms with E-state index in [9.17, 15) is 0 Å². The van der Waals surface area contributed by atoms with Crippen LogP contribution in [0.5, 0.6) is 0 Å². The highest BCUT2D eigenvalue weighted by Crippen LogP contribution is 2.33. The van der Waals surface area contributed by atoms with Crippen molar-refractivity contribution >= 4 is 11.3 Å². The summed E-state index contributed by atoms with van der Waals surface area (Å²) in [5, 5.41) is 3.24. The second kappa shape index (κ2) is 5.75. The average molecular weight is 240 g/mol. The fourth-order valence-corrected chi connectivity index (χ4v) is 3.02. The van der Waals surface area contributed by atoms with Crippen LogP contribution in [0.4, 0.5) is 0 Å². The molecule has 2 unspecified atom stereocenters. The average Bonchev–Trinajstić information content (AvgIpc) is 2.87. The van der Waals surface area contributed by atoms with E-state index in [0.717, 1.165) is 24.5 Å². The zero-order valence-electron chi connectivity index (χ0n) is 9.82. The summed E-state index contributed by atoms with van der Waals surface area (Å²) in [6, 6.07) is 0.312. The summed E-state index contributed by atoms with van der Waals surface area (Å²) in [6.07, 6.45) is 4.64. The highest BCUT2D eigenvalue weighted by Gasteiger charge is 2.27. The van der Waals surface area contributed by atoms with Crippen LogP contribution >= 0.6 is 11.3 Å². The molecule has 3 nitrogen and oxygen atoms in total. The van der Waals surface area contributed by atoms with Crippen LogP contribution in [0.2, 0.25) is 0 Å². The predicted molar refractivity (Wildman–Crippen MR) is 66.6 cm³/mol. The fraction of sp³-hybridized carbons (Fsp3) is 0.750. The number of nitrogens with zero attached hydrogens (tertiary/aromatic N) is 1. The fourth-order valence-electron chi connectivity index (χ4n) is 2.22. The quantitative estimate of drug-likeness (QED) is 0.805. The zero-order chi connectivity index (χ0) is 11.4. The molecule has 1 heterocycles. The van der Waals surface area contributed by atoms with Crippen LogP contribution in [-0.2, 0) is 11.3 Å². The van der Waals surface area contributed by atoms with E-state index < -0.39 is 0 Å². The Balaban J connectivity index is 1.91. The first-order valence-electron chi connectivity index (χ1n) is 6.09. The van der Waals surface area contributed by atoms with Crippen molar-refractivity contribution in [1.82, 2.24) is 4.98 Å². The van der Waals surface area contributed by atoms with Crippen molar-refractivity contribution in [2.24, 2.45) is 5.73 Å². The first-order valence-corrected chi connectivity index (χ1v) is 6.97. The summed E-state index contributed by atoms with van der Waals surface area (Å²) in [5.41, 5.74) is 7.26. The van der Waals surface area contributed by atoms with E-state index in [-0.39, 0.29) is 0 Å². The Bertz CT molecular complexity index is 327. The van der Waals surface area contributed by atoms with E-state index in [2.05, 4.69) is 17.3 Å². The summed E-state index contributed by atoms with van der Waals surface area (Å²) in [4.78, 5) is 4.63. The van der Waals surface area contributed by atoms with Gasteiger partial charge in [0.1, 0.15) is 5.01 Å². The van der Waals surface area contributed by atoms with Gasteiger partial charge in [-0.15, -0.1) is 11.3 Å².